The third-order valence-corrected chi connectivity index (χ3v) is 3.62. The van der Waals surface area contributed by atoms with Gasteiger partial charge < -0.3 is 10.2 Å². The molecule has 0 atom stereocenters. The van der Waals surface area contributed by atoms with Gasteiger partial charge in [-0.3, -0.25) is 9.78 Å². The first-order valence-corrected chi connectivity index (χ1v) is 7.29. The summed E-state index contributed by atoms with van der Waals surface area (Å²) in [7, 11) is 3.96. The molecule has 0 unspecified atom stereocenters. The van der Waals surface area contributed by atoms with Crippen molar-refractivity contribution in [1.82, 2.24) is 20.2 Å². The van der Waals surface area contributed by atoms with Crippen molar-refractivity contribution >= 4 is 17.2 Å². The highest BCUT2D eigenvalue weighted by Crippen LogP contribution is 2.22. The van der Waals surface area contributed by atoms with E-state index >= 15 is 0 Å². The first kappa shape index (κ1) is 14.6. The molecule has 20 heavy (non-hydrogen) atoms. The molecule has 0 aliphatic carbocycles. The van der Waals surface area contributed by atoms with Crippen molar-refractivity contribution in [2.75, 3.05) is 27.2 Å². The maximum atomic E-state index is 11.8. The molecule has 0 aliphatic heterocycles. The maximum absolute atomic E-state index is 11.8. The van der Waals surface area contributed by atoms with Gasteiger partial charge in [0.1, 0.15) is 5.01 Å². The molecular weight excluding hydrogens is 272 g/mol. The first-order chi connectivity index (χ1) is 9.65. The minimum atomic E-state index is 0.00915. The molecule has 2 heterocycles. The van der Waals surface area contributed by atoms with Crippen LogP contribution in [-0.4, -0.2) is 48.0 Å². The molecule has 0 aliphatic rings. The van der Waals surface area contributed by atoms with E-state index in [0.29, 0.717) is 13.0 Å². The van der Waals surface area contributed by atoms with Gasteiger partial charge in [0, 0.05) is 36.4 Å². The molecule has 2 rings (SSSR count). The van der Waals surface area contributed by atoms with Crippen LogP contribution in [0.4, 0.5) is 0 Å². The number of nitrogens with zero attached hydrogens (tertiary/aromatic N) is 3. The third-order valence-electron chi connectivity index (χ3n) is 2.68. The zero-order valence-corrected chi connectivity index (χ0v) is 12.5. The fourth-order valence-electron chi connectivity index (χ4n) is 1.66. The summed E-state index contributed by atoms with van der Waals surface area (Å²) >= 11 is 1.53. The van der Waals surface area contributed by atoms with Gasteiger partial charge in [-0.05, 0) is 26.2 Å². The minimum absolute atomic E-state index is 0.00915. The second-order valence-corrected chi connectivity index (χ2v) is 5.57. The van der Waals surface area contributed by atoms with Crippen molar-refractivity contribution in [1.29, 1.82) is 0 Å². The zero-order chi connectivity index (χ0) is 14.4. The predicted molar refractivity (Wildman–Crippen MR) is 80.6 cm³/mol. The molecule has 0 saturated carbocycles. The quantitative estimate of drug-likeness (QED) is 0.874. The van der Waals surface area contributed by atoms with Crippen LogP contribution in [0.15, 0.2) is 29.9 Å². The Balaban J connectivity index is 1.88. The Labute approximate surface area is 122 Å². The van der Waals surface area contributed by atoms with E-state index in [-0.39, 0.29) is 5.91 Å². The summed E-state index contributed by atoms with van der Waals surface area (Å²) in [4.78, 5) is 22.3. The van der Waals surface area contributed by atoms with Gasteiger partial charge in [0.2, 0.25) is 5.91 Å². The summed E-state index contributed by atoms with van der Waals surface area (Å²) in [5, 5.41) is 5.71. The van der Waals surface area contributed by atoms with Crippen molar-refractivity contribution in [3.8, 4) is 10.6 Å². The number of hydrogen-bond acceptors (Lipinski definition) is 5. The number of rotatable bonds is 6. The Hall–Kier alpha value is -1.79. The van der Waals surface area contributed by atoms with Crippen LogP contribution in [-0.2, 0) is 11.2 Å². The van der Waals surface area contributed by atoms with Gasteiger partial charge in [0.15, 0.2) is 0 Å². The molecule has 0 bridgehead atoms. The lowest BCUT2D eigenvalue weighted by molar-refractivity contribution is -0.120. The van der Waals surface area contributed by atoms with Crippen LogP contribution in [0.2, 0.25) is 0 Å². The van der Waals surface area contributed by atoms with Crippen LogP contribution in [0.5, 0.6) is 0 Å². The van der Waals surface area contributed by atoms with Crippen molar-refractivity contribution in [3.05, 3.63) is 35.6 Å². The first-order valence-electron chi connectivity index (χ1n) is 6.41. The van der Waals surface area contributed by atoms with Gasteiger partial charge in [-0.2, -0.15) is 0 Å². The molecular formula is C14H18N4OS. The van der Waals surface area contributed by atoms with Gasteiger partial charge in [0.05, 0.1) is 12.1 Å². The molecule has 5 nitrogen and oxygen atoms in total. The van der Waals surface area contributed by atoms with E-state index in [1.165, 1.54) is 11.3 Å². The highest BCUT2D eigenvalue weighted by Gasteiger charge is 2.08. The second kappa shape index (κ2) is 7.12. The van der Waals surface area contributed by atoms with E-state index in [1.54, 1.807) is 12.4 Å². The lowest BCUT2D eigenvalue weighted by Crippen LogP contribution is -2.32. The Bertz CT molecular complexity index is 553. The molecule has 1 N–H and O–H groups in total. The van der Waals surface area contributed by atoms with Crippen LogP contribution >= 0.6 is 11.3 Å². The average molecular weight is 290 g/mol. The Kier molecular flexibility index (Phi) is 5.20. The summed E-state index contributed by atoms with van der Waals surface area (Å²) in [5.41, 5.74) is 1.79. The molecule has 1 amide bonds. The Morgan fingerprint density at radius 3 is 3.00 bits per heavy atom. The monoisotopic (exact) mass is 290 g/mol. The van der Waals surface area contributed by atoms with Crippen LogP contribution in [0.1, 0.15) is 5.69 Å². The fourth-order valence-corrected chi connectivity index (χ4v) is 2.47. The van der Waals surface area contributed by atoms with Crippen molar-refractivity contribution < 1.29 is 4.79 Å². The smallest absolute Gasteiger partial charge is 0.226 e. The number of carbonyl (C=O) groups is 1. The lowest BCUT2D eigenvalue weighted by Gasteiger charge is -2.09. The van der Waals surface area contributed by atoms with E-state index in [0.717, 1.165) is 22.8 Å². The van der Waals surface area contributed by atoms with Crippen LogP contribution in [0, 0.1) is 0 Å². The van der Waals surface area contributed by atoms with Crippen molar-refractivity contribution in [3.63, 3.8) is 0 Å². The van der Waals surface area contributed by atoms with E-state index in [9.17, 15) is 4.79 Å². The van der Waals surface area contributed by atoms with Crippen LogP contribution in [0.25, 0.3) is 10.6 Å². The van der Waals surface area contributed by atoms with E-state index < -0.39 is 0 Å². The Morgan fingerprint density at radius 1 is 1.45 bits per heavy atom. The molecule has 2 aromatic rings. The molecule has 0 aromatic carbocycles. The van der Waals surface area contributed by atoms with Crippen LogP contribution in [0.3, 0.4) is 0 Å². The molecule has 2 aromatic heterocycles. The number of pyridine rings is 1. The SMILES string of the molecule is CN(C)CCNC(=O)Cc1csc(-c2cccnc2)n1. The number of carbonyl (C=O) groups excluding carboxylic acids is 1. The highest BCUT2D eigenvalue weighted by molar-refractivity contribution is 7.13. The van der Waals surface area contributed by atoms with Crippen molar-refractivity contribution in [2.45, 2.75) is 6.42 Å². The van der Waals surface area contributed by atoms with Gasteiger partial charge >= 0.3 is 0 Å². The number of likely N-dealkylation sites (N-methyl/N-ethyl adjacent to an activating group) is 1. The molecule has 106 valence electrons. The second-order valence-electron chi connectivity index (χ2n) is 4.72. The summed E-state index contributed by atoms with van der Waals surface area (Å²) in [5.74, 6) is 0.00915. The van der Waals surface area contributed by atoms with Crippen molar-refractivity contribution in [2.24, 2.45) is 0 Å². The molecule has 0 saturated heterocycles. The van der Waals surface area contributed by atoms with Gasteiger partial charge in [0.25, 0.3) is 0 Å². The molecule has 0 fully saturated rings. The minimum Gasteiger partial charge on any atom is -0.354 e. The van der Waals surface area contributed by atoms with E-state index in [2.05, 4.69) is 15.3 Å². The number of thiazole rings is 1. The number of nitrogens with one attached hydrogen (secondary N) is 1. The Morgan fingerprint density at radius 2 is 2.30 bits per heavy atom. The number of hydrogen-bond donors (Lipinski definition) is 1. The summed E-state index contributed by atoms with van der Waals surface area (Å²) in [6.07, 6.45) is 3.83. The lowest BCUT2D eigenvalue weighted by atomic mass is 10.3. The normalized spacial score (nSPS) is 10.8. The largest absolute Gasteiger partial charge is 0.354 e. The zero-order valence-electron chi connectivity index (χ0n) is 11.7. The van der Waals surface area contributed by atoms with Crippen LogP contribution < -0.4 is 5.32 Å². The van der Waals surface area contributed by atoms with Gasteiger partial charge in [-0.15, -0.1) is 11.3 Å². The number of amides is 1. The molecule has 6 heteroatoms. The van der Waals surface area contributed by atoms with Gasteiger partial charge in [-0.1, -0.05) is 0 Å². The third kappa shape index (κ3) is 4.40. The summed E-state index contributed by atoms with van der Waals surface area (Å²) < 4.78 is 0. The maximum Gasteiger partial charge on any atom is 0.226 e. The summed E-state index contributed by atoms with van der Waals surface area (Å²) in [6, 6.07) is 3.84. The average Bonchev–Trinajstić information content (AvgIpc) is 2.88. The topological polar surface area (TPSA) is 58.1 Å². The summed E-state index contributed by atoms with van der Waals surface area (Å²) in [6.45, 7) is 1.50. The number of aromatic nitrogens is 2. The highest BCUT2D eigenvalue weighted by atomic mass is 32.1. The van der Waals surface area contributed by atoms with E-state index in [4.69, 9.17) is 0 Å². The molecule has 0 spiro atoms. The predicted octanol–water partition coefficient (Wildman–Crippen LogP) is 1.43. The standard InChI is InChI=1S/C14H18N4OS/c1-18(2)7-6-16-13(19)8-12-10-20-14(17-12)11-4-3-5-15-9-11/h3-5,9-10H,6-8H2,1-2H3,(H,16,19). The van der Waals surface area contributed by atoms with E-state index in [1.807, 2.05) is 36.5 Å². The fraction of sp³-hybridized carbons (Fsp3) is 0.357. The van der Waals surface area contributed by atoms with Gasteiger partial charge in [-0.25, -0.2) is 4.98 Å². The molecule has 0 radical (unpaired) electrons.